The summed E-state index contributed by atoms with van der Waals surface area (Å²) in [7, 11) is 0. The lowest BCUT2D eigenvalue weighted by atomic mass is 10.1. The van der Waals surface area contributed by atoms with Gasteiger partial charge in [0.25, 0.3) is 5.56 Å². The average Bonchev–Trinajstić information content (AvgIpc) is 2.31. The zero-order chi connectivity index (χ0) is 11.5. The normalized spacial score (nSPS) is 9.75. The first-order chi connectivity index (χ1) is 7.72. The van der Waals surface area contributed by atoms with Crippen LogP contribution >= 0.6 is 0 Å². The van der Waals surface area contributed by atoms with Gasteiger partial charge in [-0.05, 0) is 12.1 Å². The van der Waals surface area contributed by atoms with Gasteiger partial charge in [-0.15, -0.1) is 0 Å². The van der Waals surface area contributed by atoms with Gasteiger partial charge in [0.1, 0.15) is 17.4 Å². The van der Waals surface area contributed by atoms with Crippen molar-refractivity contribution in [3.63, 3.8) is 0 Å². The van der Waals surface area contributed by atoms with E-state index < -0.39 is 11.4 Å². The van der Waals surface area contributed by atoms with Crippen molar-refractivity contribution in [2.24, 2.45) is 0 Å². The van der Waals surface area contributed by atoms with Crippen molar-refractivity contribution >= 4 is 0 Å². The standard InChI is InChI=1S/C12H7FN2O/c13-11-4-2-1-3-10(11)9-5-8(6-14)12(16)15-7-9/h1-5,7H,(H,15,16). The van der Waals surface area contributed by atoms with Gasteiger partial charge in [-0.2, -0.15) is 5.26 Å². The highest BCUT2D eigenvalue weighted by atomic mass is 19.1. The molecule has 0 saturated heterocycles. The molecule has 0 fully saturated rings. The van der Waals surface area contributed by atoms with Crippen molar-refractivity contribution in [1.82, 2.24) is 4.98 Å². The number of hydrogen-bond acceptors (Lipinski definition) is 2. The van der Waals surface area contributed by atoms with Crippen molar-refractivity contribution in [2.45, 2.75) is 0 Å². The van der Waals surface area contributed by atoms with Gasteiger partial charge in [0.15, 0.2) is 0 Å². The number of rotatable bonds is 1. The number of nitrogens with one attached hydrogen (secondary N) is 1. The van der Waals surface area contributed by atoms with Gasteiger partial charge in [0, 0.05) is 17.3 Å². The SMILES string of the molecule is N#Cc1cc(-c2ccccc2F)c[nH]c1=O. The molecule has 1 heterocycles. The molecule has 0 aliphatic heterocycles. The van der Waals surface area contributed by atoms with Crippen LogP contribution in [0.25, 0.3) is 11.1 Å². The number of pyridine rings is 1. The van der Waals surface area contributed by atoms with E-state index >= 15 is 0 Å². The van der Waals surface area contributed by atoms with Crippen molar-refractivity contribution in [3.8, 4) is 17.2 Å². The number of aromatic nitrogens is 1. The fourth-order valence-electron chi connectivity index (χ4n) is 1.42. The third kappa shape index (κ3) is 1.71. The van der Waals surface area contributed by atoms with Gasteiger partial charge in [-0.3, -0.25) is 4.79 Å². The third-order valence-corrected chi connectivity index (χ3v) is 2.21. The van der Waals surface area contributed by atoms with E-state index in [-0.39, 0.29) is 5.56 Å². The summed E-state index contributed by atoms with van der Waals surface area (Å²) >= 11 is 0. The van der Waals surface area contributed by atoms with E-state index in [0.717, 1.165) is 0 Å². The van der Waals surface area contributed by atoms with E-state index in [1.807, 2.05) is 0 Å². The van der Waals surface area contributed by atoms with E-state index in [4.69, 9.17) is 5.26 Å². The number of aromatic amines is 1. The van der Waals surface area contributed by atoms with Crippen LogP contribution in [0.3, 0.4) is 0 Å². The Balaban J connectivity index is 2.63. The van der Waals surface area contributed by atoms with Gasteiger partial charge in [-0.1, -0.05) is 18.2 Å². The highest BCUT2D eigenvalue weighted by Crippen LogP contribution is 2.21. The molecule has 16 heavy (non-hydrogen) atoms. The zero-order valence-electron chi connectivity index (χ0n) is 8.20. The predicted molar refractivity (Wildman–Crippen MR) is 57.2 cm³/mol. The molecule has 1 N–H and O–H groups in total. The van der Waals surface area contributed by atoms with Gasteiger partial charge in [0.2, 0.25) is 0 Å². The molecule has 0 bridgehead atoms. The van der Waals surface area contributed by atoms with Crippen LogP contribution in [-0.4, -0.2) is 4.98 Å². The molecule has 1 aromatic carbocycles. The van der Waals surface area contributed by atoms with Gasteiger partial charge >= 0.3 is 0 Å². The number of nitrogens with zero attached hydrogens (tertiary/aromatic N) is 1. The summed E-state index contributed by atoms with van der Waals surface area (Å²) in [6, 6.07) is 9.31. The summed E-state index contributed by atoms with van der Waals surface area (Å²) in [5, 5.41) is 8.70. The summed E-state index contributed by atoms with van der Waals surface area (Å²) in [5.41, 5.74) is 0.341. The smallest absolute Gasteiger partial charge is 0.265 e. The second kappa shape index (κ2) is 3.99. The van der Waals surface area contributed by atoms with E-state index in [1.54, 1.807) is 24.3 Å². The van der Waals surface area contributed by atoms with E-state index in [2.05, 4.69) is 4.98 Å². The highest BCUT2D eigenvalue weighted by Gasteiger charge is 2.06. The predicted octanol–water partition coefficient (Wildman–Crippen LogP) is 2.05. The van der Waals surface area contributed by atoms with Crippen molar-refractivity contribution < 1.29 is 4.39 Å². The van der Waals surface area contributed by atoms with E-state index in [0.29, 0.717) is 11.1 Å². The van der Waals surface area contributed by atoms with Crippen molar-refractivity contribution in [1.29, 1.82) is 5.26 Å². The Labute approximate surface area is 90.8 Å². The second-order valence-electron chi connectivity index (χ2n) is 3.22. The fraction of sp³-hybridized carbons (Fsp3) is 0. The summed E-state index contributed by atoms with van der Waals surface area (Å²) in [6.07, 6.45) is 1.39. The lowest BCUT2D eigenvalue weighted by molar-refractivity contribution is 0.631. The van der Waals surface area contributed by atoms with Crippen LogP contribution in [0.2, 0.25) is 0 Å². The van der Waals surface area contributed by atoms with Crippen LogP contribution < -0.4 is 5.56 Å². The molecule has 78 valence electrons. The molecule has 1 aromatic heterocycles. The van der Waals surface area contributed by atoms with Crippen LogP contribution in [-0.2, 0) is 0 Å². The average molecular weight is 214 g/mol. The monoisotopic (exact) mass is 214 g/mol. The molecular formula is C12H7FN2O. The van der Waals surface area contributed by atoms with Gasteiger partial charge < -0.3 is 4.98 Å². The topological polar surface area (TPSA) is 56.6 Å². The quantitative estimate of drug-likeness (QED) is 0.789. The fourth-order valence-corrected chi connectivity index (χ4v) is 1.42. The Kier molecular flexibility index (Phi) is 2.52. The summed E-state index contributed by atoms with van der Waals surface area (Å²) in [6.45, 7) is 0. The molecule has 0 spiro atoms. The number of hydrogen-bond donors (Lipinski definition) is 1. The summed E-state index contributed by atoms with van der Waals surface area (Å²) in [4.78, 5) is 13.5. The maximum atomic E-state index is 13.4. The maximum absolute atomic E-state index is 13.4. The zero-order valence-corrected chi connectivity index (χ0v) is 8.20. The minimum atomic E-state index is -0.470. The molecule has 0 atom stereocenters. The molecule has 0 saturated carbocycles. The number of halogens is 1. The largest absolute Gasteiger partial charge is 0.327 e. The van der Waals surface area contributed by atoms with Gasteiger partial charge in [0.05, 0.1) is 0 Å². The van der Waals surface area contributed by atoms with Crippen LogP contribution in [0.5, 0.6) is 0 Å². The lowest BCUT2D eigenvalue weighted by Crippen LogP contribution is -2.09. The third-order valence-electron chi connectivity index (χ3n) is 2.21. The Bertz CT molecular complexity index is 625. The molecule has 0 amide bonds. The Morgan fingerprint density at radius 2 is 2.06 bits per heavy atom. The summed E-state index contributed by atoms with van der Waals surface area (Å²) < 4.78 is 13.4. The number of benzene rings is 1. The Morgan fingerprint density at radius 3 is 2.75 bits per heavy atom. The highest BCUT2D eigenvalue weighted by molar-refractivity contribution is 5.64. The van der Waals surface area contributed by atoms with E-state index in [1.165, 1.54) is 18.3 Å². The van der Waals surface area contributed by atoms with Gasteiger partial charge in [-0.25, -0.2) is 4.39 Å². The molecule has 0 aliphatic carbocycles. The molecule has 2 aromatic rings. The molecule has 2 rings (SSSR count). The molecule has 3 nitrogen and oxygen atoms in total. The first kappa shape index (κ1) is 10.1. The Hall–Kier alpha value is -2.41. The molecule has 0 unspecified atom stereocenters. The minimum Gasteiger partial charge on any atom is -0.327 e. The van der Waals surface area contributed by atoms with Crippen LogP contribution in [0.15, 0.2) is 41.3 Å². The molecule has 4 heteroatoms. The summed E-state index contributed by atoms with van der Waals surface area (Å²) in [5.74, 6) is -0.390. The second-order valence-corrected chi connectivity index (χ2v) is 3.22. The van der Waals surface area contributed by atoms with Crippen LogP contribution in [0.1, 0.15) is 5.56 Å². The van der Waals surface area contributed by atoms with Crippen molar-refractivity contribution in [3.05, 3.63) is 58.3 Å². The molecule has 0 radical (unpaired) electrons. The molecular weight excluding hydrogens is 207 g/mol. The van der Waals surface area contributed by atoms with Crippen LogP contribution in [0, 0.1) is 17.1 Å². The Morgan fingerprint density at radius 1 is 1.31 bits per heavy atom. The lowest BCUT2D eigenvalue weighted by Gasteiger charge is -2.02. The first-order valence-corrected chi connectivity index (χ1v) is 4.60. The maximum Gasteiger partial charge on any atom is 0.265 e. The van der Waals surface area contributed by atoms with Crippen molar-refractivity contribution in [2.75, 3.05) is 0 Å². The minimum absolute atomic E-state index is 0.0271. The van der Waals surface area contributed by atoms with Crippen LogP contribution in [0.4, 0.5) is 4.39 Å². The van der Waals surface area contributed by atoms with E-state index in [9.17, 15) is 9.18 Å². The number of nitriles is 1. The molecule has 0 aliphatic rings. The number of H-pyrrole nitrogens is 1. The first-order valence-electron chi connectivity index (χ1n) is 4.60.